The second-order valence-corrected chi connectivity index (χ2v) is 5.50. The third kappa shape index (κ3) is 3.04. The number of phenols is 1. The number of phenolic OH excluding ortho intramolecular Hbond substituents is 1. The predicted molar refractivity (Wildman–Crippen MR) is 75.0 cm³/mol. The third-order valence-corrected chi connectivity index (χ3v) is 3.80. The van der Waals surface area contributed by atoms with E-state index in [1.54, 1.807) is 30.0 Å². The van der Waals surface area contributed by atoms with Gasteiger partial charge in [0.25, 0.3) is 5.91 Å². The minimum atomic E-state index is -0.717. The molecule has 1 aromatic rings. The molecule has 0 aliphatic carbocycles. The fraction of sp³-hybridized carbons (Fsp3) is 0.533. The highest BCUT2D eigenvalue weighted by Crippen LogP contribution is 2.31. The first-order valence-corrected chi connectivity index (χ1v) is 6.82. The zero-order valence-corrected chi connectivity index (χ0v) is 11.9. The van der Waals surface area contributed by atoms with Gasteiger partial charge in [-0.3, -0.25) is 4.79 Å². The molecule has 110 valence electrons. The van der Waals surface area contributed by atoms with Crippen molar-refractivity contribution in [3.8, 4) is 11.5 Å². The van der Waals surface area contributed by atoms with E-state index >= 15 is 0 Å². The number of benzene rings is 1. The van der Waals surface area contributed by atoms with Crippen molar-refractivity contribution >= 4 is 5.91 Å². The van der Waals surface area contributed by atoms with Gasteiger partial charge in [-0.1, -0.05) is 6.07 Å². The van der Waals surface area contributed by atoms with Gasteiger partial charge in [-0.2, -0.15) is 0 Å². The van der Waals surface area contributed by atoms with E-state index in [4.69, 9.17) is 4.74 Å². The van der Waals surface area contributed by atoms with Crippen LogP contribution in [0.3, 0.4) is 0 Å². The molecule has 1 aliphatic heterocycles. The van der Waals surface area contributed by atoms with Gasteiger partial charge in [-0.15, -0.1) is 0 Å². The van der Waals surface area contributed by atoms with Crippen LogP contribution in [0.25, 0.3) is 0 Å². The van der Waals surface area contributed by atoms with E-state index in [1.165, 1.54) is 7.11 Å². The van der Waals surface area contributed by atoms with Crippen LogP contribution in [-0.4, -0.2) is 46.8 Å². The number of aromatic hydroxyl groups is 1. The van der Waals surface area contributed by atoms with Gasteiger partial charge in [0.15, 0.2) is 11.5 Å². The first-order chi connectivity index (χ1) is 9.44. The number of carbonyl (C=O) groups is 1. The Balaban J connectivity index is 2.19. The minimum absolute atomic E-state index is 0.129. The number of ether oxygens (including phenoxy) is 1. The molecule has 2 N–H and O–H groups in total. The molecule has 0 aromatic heterocycles. The van der Waals surface area contributed by atoms with Gasteiger partial charge < -0.3 is 19.8 Å². The third-order valence-electron chi connectivity index (χ3n) is 3.80. The number of rotatable bonds is 2. The first-order valence-electron chi connectivity index (χ1n) is 6.82. The van der Waals surface area contributed by atoms with Gasteiger partial charge in [-0.25, -0.2) is 0 Å². The quantitative estimate of drug-likeness (QED) is 0.865. The monoisotopic (exact) mass is 279 g/mol. The van der Waals surface area contributed by atoms with E-state index in [1.807, 2.05) is 0 Å². The number of para-hydroxylation sites is 1. The molecule has 1 atom stereocenters. The van der Waals surface area contributed by atoms with Crippen LogP contribution < -0.4 is 4.74 Å². The van der Waals surface area contributed by atoms with Crippen molar-refractivity contribution in [3.05, 3.63) is 23.8 Å². The molecule has 1 saturated heterocycles. The van der Waals surface area contributed by atoms with Gasteiger partial charge in [-0.05, 0) is 38.3 Å². The van der Waals surface area contributed by atoms with Crippen molar-refractivity contribution in [2.75, 3.05) is 20.2 Å². The summed E-state index contributed by atoms with van der Waals surface area (Å²) in [5.41, 5.74) is -0.475. The molecule has 1 unspecified atom stereocenters. The number of likely N-dealkylation sites (tertiary alicyclic amines) is 1. The molecular weight excluding hydrogens is 258 g/mol. The van der Waals surface area contributed by atoms with Crippen molar-refractivity contribution in [1.29, 1.82) is 0 Å². The van der Waals surface area contributed by atoms with Crippen LogP contribution in [-0.2, 0) is 0 Å². The summed E-state index contributed by atoms with van der Waals surface area (Å²) < 4.78 is 5.02. The van der Waals surface area contributed by atoms with Crippen LogP contribution in [0.15, 0.2) is 18.2 Å². The second-order valence-electron chi connectivity index (χ2n) is 5.50. The van der Waals surface area contributed by atoms with Crippen molar-refractivity contribution in [2.24, 2.45) is 0 Å². The predicted octanol–water partition coefficient (Wildman–Crippen LogP) is 1.78. The Morgan fingerprint density at radius 3 is 2.80 bits per heavy atom. The lowest BCUT2D eigenvalue weighted by atomic mass is 9.98. The Morgan fingerprint density at radius 1 is 1.35 bits per heavy atom. The van der Waals surface area contributed by atoms with E-state index in [-0.39, 0.29) is 23.0 Å². The molecule has 1 amide bonds. The largest absolute Gasteiger partial charge is 0.504 e. The van der Waals surface area contributed by atoms with Crippen LogP contribution in [0.5, 0.6) is 11.5 Å². The number of hydrogen-bond acceptors (Lipinski definition) is 4. The van der Waals surface area contributed by atoms with E-state index < -0.39 is 5.60 Å². The highest BCUT2D eigenvalue weighted by molar-refractivity contribution is 5.97. The topological polar surface area (TPSA) is 70.0 Å². The molecule has 2 rings (SSSR count). The SMILES string of the molecule is COc1cccc(C(=O)N2CCCC(C)(O)CC2)c1O. The fourth-order valence-corrected chi connectivity index (χ4v) is 2.50. The molecular formula is C15H21NO4. The molecule has 0 radical (unpaired) electrons. The molecule has 0 saturated carbocycles. The van der Waals surface area contributed by atoms with Crippen molar-refractivity contribution < 1.29 is 19.7 Å². The Bertz CT molecular complexity index is 499. The lowest BCUT2D eigenvalue weighted by Crippen LogP contribution is -2.33. The normalized spacial score (nSPS) is 23.2. The summed E-state index contributed by atoms with van der Waals surface area (Å²) in [6.45, 7) is 2.87. The Labute approximate surface area is 118 Å². The number of nitrogens with zero attached hydrogens (tertiary/aromatic N) is 1. The zero-order chi connectivity index (χ0) is 14.8. The average molecular weight is 279 g/mol. The number of methoxy groups -OCH3 is 1. The molecule has 1 fully saturated rings. The summed E-state index contributed by atoms with van der Waals surface area (Å²) in [6, 6.07) is 4.88. The number of carbonyl (C=O) groups excluding carboxylic acids is 1. The summed E-state index contributed by atoms with van der Waals surface area (Å²) in [5.74, 6) is -0.0622. The van der Waals surface area contributed by atoms with Crippen LogP contribution in [0.1, 0.15) is 36.5 Å². The molecule has 5 heteroatoms. The van der Waals surface area contributed by atoms with Crippen molar-refractivity contribution in [2.45, 2.75) is 31.8 Å². The highest BCUT2D eigenvalue weighted by atomic mass is 16.5. The lowest BCUT2D eigenvalue weighted by molar-refractivity contribution is 0.0437. The lowest BCUT2D eigenvalue weighted by Gasteiger charge is -2.23. The van der Waals surface area contributed by atoms with Crippen LogP contribution >= 0.6 is 0 Å². The first kappa shape index (κ1) is 14.7. The van der Waals surface area contributed by atoms with Gasteiger partial charge in [0.05, 0.1) is 18.3 Å². The molecule has 1 heterocycles. The molecule has 0 spiro atoms. The maximum Gasteiger partial charge on any atom is 0.257 e. The van der Waals surface area contributed by atoms with Crippen molar-refractivity contribution in [1.82, 2.24) is 4.90 Å². The van der Waals surface area contributed by atoms with Crippen LogP contribution in [0.2, 0.25) is 0 Å². The average Bonchev–Trinajstić information content (AvgIpc) is 2.59. The Hall–Kier alpha value is -1.75. The Morgan fingerprint density at radius 2 is 2.10 bits per heavy atom. The van der Waals surface area contributed by atoms with Crippen LogP contribution in [0, 0.1) is 0 Å². The molecule has 5 nitrogen and oxygen atoms in total. The summed E-state index contributed by atoms with van der Waals surface area (Å²) in [5, 5.41) is 20.1. The summed E-state index contributed by atoms with van der Waals surface area (Å²) in [7, 11) is 1.45. The van der Waals surface area contributed by atoms with E-state index in [0.29, 0.717) is 25.9 Å². The fourth-order valence-electron chi connectivity index (χ4n) is 2.50. The van der Waals surface area contributed by atoms with Gasteiger partial charge in [0, 0.05) is 13.1 Å². The summed E-state index contributed by atoms with van der Waals surface area (Å²) in [4.78, 5) is 14.2. The van der Waals surface area contributed by atoms with E-state index in [2.05, 4.69) is 0 Å². The second kappa shape index (κ2) is 5.71. The number of amides is 1. The highest BCUT2D eigenvalue weighted by Gasteiger charge is 2.28. The maximum absolute atomic E-state index is 12.5. The maximum atomic E-state index is 12.5. The van der Waals surface area contributed by atoms with Crippen molar-refractivity contribution in [3.63, 3.8) is 0 Å². The van der Waals surface area contributed by atoms with Gasteiger partial charge >= 0.3 is 0 Å². The zero-order valence-electron chi connectivity index (χ0n) is 11.9. The molecule has 1 aliphatic rings. The smallest absolute Gasteiger partial charge is 0.257 e. The number of hydrogen-bond donors (Lipinski definition) is 2. The molecule has 0 bridgehead atoms. The minimum Gasteiger partial charge on any atom is -0.504 e. The van der Waals surface area contributed by atoms with Crippen LogP contribution in [0.4, 0.5) is 0 Å². The standard InChI is InChI=1S/C15H21NO4/c1-15(19)7-4-9-16(10-8-15)14(18)11-5-3-6-12(20-2)13(11)17/h3,5-6,17,19H,4,7-10H2,1-2H3. The van der Waals surface area contributed by atoms with E-state index in [0.717, 1.165) is 6.42 Å². The number of aliphatic hydroxyl groups is 1. The Kier molecular flexibility index (Phi) is 4.18. The van der Waals surface area contributed by atoms with Gasteiger partial charge in [0.1, 0.15) is 0 Å². The summed E-state index contributed by atoms with van der Waals surface area (Å²) in [6.07, 6.45) is 1.98. The molecule has 20 heavy (non-hydrogen) atoms. The van der Waals surface area contributed by atoms with E-state index in [9.17, 15) is 15.0 Å². The van der Waals surface area contributed by atoms with Gasteiger partial charge in [0.2, 0.25) is 0 Å². The molecule has 1 aromatic carbocycles. The summed E-state index contributed by atoms with van der Waals surface area (Å²) >= 11 is 0.